The molecule has 0 amide bonds. The van der Waals surface area contributed by atoms with E-state index in [1.54, 1.807) is 36.8 Å². The summed E-state index contributed by atoms with van der Waals surface area (Å²) in [5.41, 5.74) is 2.64. The molecule has 0 saturated carbocycles. The van der Waals surface area contributed by atoms with Gasteiger partial charge in [0, 0.05) is 5.56 Å². The molecule has 0 fully saturated rings. The number of hydrogen-bond acceptors (Lipinski definition) is 3. The van der Waals surface area contributed by atoms with Crippen LogP contribution in [0.25, 0.3) is 11.1 Å². The molecule has 1 aromatic heterocycles. The second-order valence-corrected chi connectivity index (χ2v) is 3.03. The van der Waals surface area contributed by atoms with E-state index < -0.39 is 0 Å². The molecule has 0 aliphatic heterocycles. The summed E-state index contributed by atoms with van der Waals surface area (Å²) in [6.07, 6.45) is 3.14. The quantitative estimate of drug-likeness (QED) is 0.701. The molecule has 0 saturated heterocycles. The summed E-state index contributed by atoms with van der Waals surface area (Å²) >= 11 is 0. The van der Waals surface area contributed by atoms with Gasteiger partial charge in [-0.1, -0.05) is 0 Å². The molecule has 0 aliphatic rings. The van der Waals surface area contributed by atoms with Gasteiger partial charge in [0.1, 0.15) is 0 Å². The first kappa shape index (κ1) is 9.05. The fraction of sp³-hybridized carbons (Fsp3) is 0. The van der Waals surface area contributed by atoms with E-state index in [2.05, 4.69) is 0 Å². The van der Waals surface area contributed by atoms with Gasteiger partial charge in [0.25, 0.3) is 0 Å². The van der Waals surface area contributed by atoms with Gasteiger partial charge in [-0.15, -0.1) is 0 Å². The van der Waals surface area contributed by atoms with Crippen molar-refractivity contribution in [3.63, 3.8) is 0 Å². The summed E-state index contributed by atoms with van der Waals surface area (Å²) in [6, 6.07) is 10.8. The molecule has 2 rings (SSSR count). The zero-order valence-corrected chi connectivity index (χ0v) is 7.77. The van der Waals surface area contributed by atoms with Crippen LogP contribution in [0.1, 0.15) is 11.1 Å². The average molecular weight is 194 g/mol. The minimum Gasteiger partial charge on any atom is -0.472 e. The van der Waals surface area contributed by atoms with Crippen LogP contribution >= 0.6 is 0 Å². The smallest absolute Gasteiger partial charge is 0.0992 e. The monoisotopic (exact) mass is 194 g/mol. The van der Waals surface area contributed by atoms with Crippen LogP contribution in [-0.4, -0.2) is 0 Å². The molecule has 0 aliphatic carbocycles. The van der Waals surface area contributed by atoms with E-state index in [1.165, 1.54) is 0 Å². The maximum absolute atomic E-state index is 8.80. The molecule has 0 bridgehead atoms. The highest BCUT2D eigenvalue weighted by molar-refractivity contribution is 5.66. The first-order valence-corrected chi connectivity index (χ1v) is 4.31. The third-order valence-corrected chi connectivity index (χ3v) is 2.05. The Balaban J connectivity index is 2.59. The van der Waals surface area contributed by atoms with Crippen LogP contribution in [-0.2, 0) is 0 Å². The Bertz CT molecular complexity index is 524. The molecule has 2 aromatic rings. The summed E-state index contributed by atoms with van der Waals surface area (Å²) in [5.74, 6) is 0. The summed E-state index contributed by atoms with van der Waals surface area (Å²) in [7, 11) is 0. The summed E-state index contributed by atoms with van der Waals surface area (Å²) in [4.78, 5) is 0. The largest absolute Gasteiger partial charge is 0.472 e. The molecular weight excluding hydrogens is 188 g/mol. The third kappa shape index (κ3) is 1.72. The molecule has 3 nitrogen and oxygen atoms in total. The van der Waals surface area contributed by atoms with Crippen molar-refractivity contribution >= 4 is 0 Å². The van der Waals surface area contributed by atoms with Gasteiger partial charge in [-0.25, -0.2) is 0 Å². The standard InChI is InChI=1S/C12H6N2O/c13-6-9-3-10(7-14)5-12(4-9)11-1-2-15-8-11/h1-5,8H. The van der Waals surface area contributed by atoms with Crippen LogP contribution in [0.15, 0.2) is 41.2 Å². The molecular formula is C12H6N2O. The van der Waals surface area contributed by atoms with E-state index in [-0.39, 0.29) is 0 Å². The molecule has 0 radical (unpaired) electrons. The van der Waals surface area contributed by atoms with Crippen LogP contribution < -0.4 is 0 Å². The van der Waals surface area contributed by atoms with E-state index in [0.717, 1.165) is 11.1 Å². The fourth-order valence-corrected chi connectivity index (χ4v) is 1.35. The number of nitrogens with zero attached hydrogens (tertiary/aromatic N) is 2. The predicted molar refractivity (Wildman–Crippen MR) is 53.6 cm³/mol. The normalized spacial score (nSPS) is 9.20. The molecule has 0 unspecified atom stereocenters. The molecule has 1 heterocycles. The van der Waals surface area contributed by atoms with E-state index in [9.17, 15) is 0 Å². The first-order chi connectivity index (χ1) is 7.33. The Morgan fingerprint density at radius 3 is 2.07 bits per heavy atom. The van der Waals surface area contributed by atoms with Crippen molar-refractivity contribution in [2.24, 2.45) is 0 Å². The summed E-state index contributed by atoms with van der Waals surface area (Å²) in [6.45, 7) is 0. The number of nitriles is 2. The molecule has 3 heteroatoms. The van der Waals surface area contributed by atoms with Gasteiger partial charge in [0.2, 0.25) is 0 Å². The molecule has 15 heavy (non-hydrogen) atoms. The Morgan fingerprint density at radius 2 is 1.60 bits per heavy atom. The summed E-state index contributed by atoms with van der Waals surface area (Å²) in [5, 5.41) is 17.6. The SMILES string of the molecule is N#Cc1cc(C#N)cc(-c2ccoc2)c1. The van der Waals surface area contributed by atoms with Gasteiger partial charge in [0.05, 0.1) is 35.8 Å². The van der Waals surface area contributed by atoms with E-state index in [4.69, 9.17) is 14.9 Å². The molecule has 0 atom stereocenters. The Kier molecular flexibility index (Phi) is 2.23. The van der Waals surface area contributed by atoms with Crippen molar-refractivity contribution in [2.45, 2.75) is 0 Å². The minimum absolute atomic E-state index is 0.477. The van der Waals surface area contributed by atoms with Gasteiger partial charge in [0.15, 0.2) is 0 Å². The molecule has 70 valence electrons. The maximum atomic E-state index is 8.80. The van der Waals surface area contributed by atoms with Crippen LogP contribution in [0.4, 0.5) is 0 Å². The summed E-state index contributed by atoms with van der Waals surface area (Å²) < 4.78 is 4.95. The van der Waals surface area contributed by atoms with Gasteiger partial charge in [-0.3, -0.25) is 0 Å². The zero-order valence-electron chi connectivity index (χ0n) is 7.77. The van der Waals surface area contributed by atoms with Crippen LogP contribution in [0.3, 0.4) is 0 Å². The van der Waals surface area contributed by atoms with Crippen molar-refractivity contribution in [3.8, 4) is 23.3 Å². The second kappa shape index (κ2) is 3.69. The van der Waals surface area contributed by atoms with Gasteiger partial charge in [-0.2, -0.15) is 10.5 Å². The van der Waals surface area contributed by atoms with E-state index in [0.29, 0.717) is 11.1 Å². The molecule has 0 spiro atoms. The van der Waals surface area contributed by atoms with E-state index >= 15 is 0 Å². The van der Waals surface area contributed by atoms with Crippen LogP contribution in [0.5, 0.6) is 0 Å². The third-order valence-electron chi connectivity index (χ3n) is 2.05. The number of rotatable bonds is 1. The minimum atomic E-state index is 0.477. The number of furan rings is 1. The fourth-order valence-electron chi connectivity index (χ4n) is 1.35. The lowest BCUT2D eigenvalue weighted by Gasteiger charge is -1.98. The lowest BCUT2D eigenvalue weighted by Crippen LogP contribution is -1.82. The van der Waals surface area contributed by atoms with Crippen molar-refractivity contribution in [1.29, 1.82) is 10.5 Å². The van der Waals surface area contributed by atoms with Gasteiger partial charge >= 0.3 is 0 Å². The highest BCUT2D eigenvalue weighted by Gasteiger charge is 2.03. The number of benzene rings is 1. The Labute approximate surface area is 86.8 Å². The van der Waals surface area contributed by atoms with Gasteiger partial charge < -0.3 is 4.42 Å². The molecule has 1 aromatic carbocycles. The van der Waals surface area contributed by atoms with E-state index in [1.807, 2.05) is 12.1 Å². The topological polar surface area (TPSA) is 60.7 Å². The van der Waals surface area contributed by atoms with Crippen molar-refractivity contribution in [1.82, 2.24) is 0 Å². The lowest BCUT2D eigenvalue weighted by molar-refractivity contribution is 0.568. The van der Waals surface area contributed by atoms with Crippen molar-refractivity contribution < 1.29 is 4.42 Å². The molecule has 0 N–H and O–H groups in total. The van der Waals surface area contributed by atoms with Crippen LogP contribution in [0.2, 0.25) is 0 Å². The van der Waals surface area contributed by atoms with Crippen molar-refractivity contribution in [3.05, 3.63) is 47.9 Å². The highest BCUT2D eigenvalue weighted by Crippen LogP contribution is 2.22. The Morgan fingerprint density at radius 1 is 0.933 bits per heavy atom. The lowest BCUT2D eigenvalue weighted by atomic mass is 10.0. The predicted octanol–water partition coefficient (Wildman–Crippen LogP) is 2.69. The first-order valence-electron chi connectivity index (χ1n) is 4.31. The zero-order chi connectivity index (χ0) is 10.7. The average Bonchev–Trinajstić information content (AvgIpc) is 2.81. The van der Waals surface area contributed by atoms with Gasteiger partial charge in [-0.05, 0) is 29.8 Å². The van der Waals surface area contributed by atoms with Crippen molar-refractivity contribution in [2.75, 3.05) is 0 Å². The Hall–Kier alpha value is -2.52. The second-order valence-electron chi connectivity index (χ2n) is 3.03. The van der Waals surface area contributed by atoms with Crippen LogP contribution in [0, 0.1) is 22.7 Å². The maximum Gasteiger partial charge on any atom is 0.0992 e. The number of hydrogen-bond donors (Lipinski definition) is 0. The highest BCUT2D eigenvalue weighted by atomic mass is 16.3.